The third kappa shape index (κ3) is 11.3. The van der Waals surface area contributed by atoms with Crippen LogP contribution in [0.25, 0.3) is 0 Å². The summed E-state index contributed by atoms with van der Waals surface area (Å²) in [5.74, 6) is 0.664. The average molecular weight is 553 g/mol. The third-order valence-corrected chi connectivity index (χ3v) is 7.57. The van der Waals surface area contributed by atoms with E-state index in [1.54, 1.807) is 0 Å². The molecular weight excluding hydrogens is 509 g/mol. The molecule has 6 heteroatoms. The lowest BCUT2D eigenvalue weighted by atomic mass is 9.73. The normalized spacial score (nSPS) is 19.4. The van der Waals surface area contributed by atoms with Crippen molar-refractivity contribution in [3.8, 4) is 0 Å². The molecule has 1 saturated heterocycles. The van der Waals surface area contributed by atoms with Gasteiger partial charge in [-0.3, -0.25) is 9.59 Å². The summed E-state index contributed by atoms with van der Waals surface area (Å²) < 4.78 is 0. The Hall–Kier alpha value is -1.49. The van der Waals surface area contributed by atoms with Gasteiger partial charge in [0.05, 0.1) is 11.5 Å². The van der Waals surface area contributed by atoms with E-state index in [0.29, 0.717) is 30.3 Å². The van der Waals surface area contributed by atoms with Crippen LogP contribution in [0.5, 0.6) is 0 Å². The molecule has 0 radical (unpaired) electrons. The number of Topliss-reactive ketones (excluding diaryl/α,β-unsaturated/α-hetero) is 1. The largest absolute Gasteiger partial charge is 0.335 e. The smallest absolute Gasteiger partial charge is 0.229 e. The van der Waals surface area contributed by atoms with Crippen LogP contribution < -0.4 is 0 Å². The Morgan fingerprint density at radius 1 is 1.03 bits per heavy atom. The molecule has 2 aromatic rings. The minimum atomic E-state index is -0.565. The molecular formula is C30H43Cl2NO2S. The van der Waals surface area contributed by atoms with E-state index in [9.17, 15) is 9.59 Å². The van der Waals surface area contributed by atoms with E-state index in [1.807, 2.05) is 85.1 Å². The number of benzene rings is 2. The lowest BCUT2D eigenvalue weighted by Crippen LogP contribution is -2.50. The highest BCUT2D eigenvalue weighted by Crippen LogP contribution is 2.43. The van der Waals surface area contributed by atoms with Crippen LogP contribution in [0.4, 0.5) is 0 Å². The van der Waals surface area contributed by atoms with E-state index < -0.39 is 5.41 Å². The number of nitrogens with zero attached hydrogens (tertiary/aromatic N) is 1. The summed E-state index contributed by atoms with van der Waals surface area (Å²) in [5, 5.41) is 2.30. The first kappa shape index (κ1) is 32.5. The number of carbonyl (C=O) groups is 2. The molecule has 0 N–H and O–H groups in total. The molecule has 0 spiro atoms. The summed E-state index contributed by atoms with van der Waals surface area (Å²) in [6, 6.07) is 17.3. The van der Waals surface area contributed by atoms with Crippen LogP contribution in [0, 0.1) is 11.3 Å². The fourth-order valence-corrected chi connectivity index (χ4v) is 4.25. The van der Waals surface area contributed by atoms with E-state index in [4.69, 9.17) is 23.2 Å². The van der Waals surface area contributed by atoms with Crippen LogP contribution in [-0.4, -0.2) is 34.6 Å². The quantitative estimate of drug-likeness (QED) is 0.344. The van der Waals surface area contributed by atoms with Gasteiger partial charge in [-0.05, 0) is 60.1 Å². The van der Waals surface area contributed by atoms with Gasteiger partial charge in [-0.2, -0.15) is 11.8 Å². The summed E-state index contributed by atoms with van der Waals surface area (Å²) in [7, 11) is 0. The average Bonchev–Trinajstić information content (AvgIpc) is 2.84. The highest BCUT2D eigenvalue weighted by molar-refractivity contribution is 7.99. The number of piperidine rings is 1. The van der Waals surface area contributed by atoms with Crippen molar-refractivity contribution in [3.05, 3.63) is 70.2 Å². The molecule has 1 heterocycles. The van der Waals surface area contributed by atoms with Gasteiger partial charge in [0, 0.05) is 29.4 Å². The molecule has 1 unspecified atom stereocenters. The number of hydrogen-bond donors (Lipinski definition) is 0. The number of thioether (sulfide) groups is 1. The Bertz CT molecular complexity index is 918. The molecule has 200 valence electrons. The zero-order chi connectivity index (χ0) is 27.3. The van der Waals surface area contributed by atoms with Crippen molar-refractivity contribution in [3.63, 3.8) is 0 Å². The SMILES string of the molecule is CCC(=O)C[C@@]1(C)CCC(c2ccc(Cl)cc2)N(CC(C)C)C1=O.CSC(C)C.Clc1ccccc1. The second kappa shape index (κ2) is 16.4. The Morgan fingerprint density at radius 2 is 1.56 bits per heavy atom. The van der Waals surface area contributed by atoms with Crippen molar-refractivity contribution in [2.24, 2.45) is 11.3 Å². The van der Waals surface area contributed by atoms with Crippen LogP contribution >= 0.6 is 35.0 Å². The maximum Gasteiger partial charge on any atom is 0.229 e. The van der Waals surface area contributed by atoms with Gasteiger partial charge >= 0.3 is 0 Å². The lowest BCUT2D eigenvalue weighted by molar-refractivity contribution is -0.152. The van der Waals surface area contributed by atoms with Gasteiger partial charge in [-0.1, -0.05) is 95.1 Å². The Kier molecular flexibility index (Phi) is 14.8. The summed E-state index contributed by atoms with van der Waals surface area (Å²) in [6.07, 6.45) is 4.59. The number of hydrogen-bond acceptors (Lipinski definition) is 3. The van der Waals surface area contributed by atoms with Gasteiger partial charge in [0.2, 0.25) is 5.91 Å². The van der Waals surface area contributed by atoms with Crippen molar-refractivity contribution in [2.75, 3.05) is 12.8 Å². The summed E-state index contributed by atoms with van der Waals surface area (Å²) in [4.78, 5) is 27.2. The first-order valence-electron chi connectivity index (χ1n) is 12.7. The number of rotatable bonds is 7. The van der Waals surface area contributed by atoms with Gasteiger partial charge < -0.3 is 4.90 Å². The second-order valence-electron chi connectivity index (χ2n) is 10.2. The van der Waals surface area contributed by atoms with E-state index in [-0.39, 0.29) is 17.7 Å². The van der Waals surface area contributed by atoms with Crippen molar-refractivity contribution in [1.82, 2.24) is 4.90 Å². The van der Waals surface area contributed by atoms with E-state index in [0.717, 1.165) is 28.7 Å². The zero-order valence-electron chi connectivity index (χ0n) is 22.9. The molecule has 3 rings (SSSR count). The predicted molar refractivity (Wildman–Crippen MR) is 158 cm³/mol. The molecule has 1 aliphatic rings. The monoisotopic (exact) mass is 551 g/mol. The number of carbonyl (C=O) groups excluding carboxylic acids is 2. The molecule has 2 aromatic carbocycles. The molecule has 2 atom stereocenters. The topological polar surface area (TPSA) is 37.4 Å². The van der Waals surface area contributed by atoms with Crippen molar-refractivity contribution >= 4 is 46.7 Å². The van der Waals surface area contributed by atoms with E-state index >= 15 is 0 Å². The maximum absolute atomic E-state index is 13.2. The number of halogens is 2. The Balaban J connectivity index is 0.000000442. The van der Waals surface area contributed by atoms with Crippen LogP contribution in [0.2, 0.25) is 10.0 Å². The number of ketones is 1. The maximum atomic E-state index is 13.2. The van der Waals surface area contributed by atoms with Crippen molar-refractivity contribution in [1.29, 1.82) is 0 Å². The molecule has 0 aromatic heterocycles. The second-order valence-corrected chi connectivity index (χ2v) is 12.5. The van der Waals surface area contributed by atoms with Gasteiger partial charge in [-0.15, -0.1) is 0 Å². The number of amides is 1. The highest BCUT2D eigenvalue weighted by atomic mass is 35.5. The minimum Gasteiger partial charge on any atom is -0.335 e. The molecule has 0 saturated carbocycles. The van der Waals surface area contributed by atoms with Crippen molar-refractivity contribution in [2.45, 2.75) is 78.5 Å². The Labute approximate surface area is 233 Å². The molecule has 36 heavy (non-hydrogen) atoms. The molecule has 1 fully saturated rings. The summed E-state index contributed by atoms with van der Waals surface area (Å²) in [5.41, 5.74) is 0.558. The van der Waals surface area contributed by atoms with Crippen molar-refractivity contribution < 1.29 is 9.59 Å². The molecule has 0 aliphatic carbocycles. The number of likely N-dealkylation sites (tertiary alicyclic amines) is 1. The van der Waals surface area contributed by atoms with Gasteiger partial charge in [0.15, 0.2) is 0 Å². The minimum absolute atomic E-state index is 0.0713. The highest BCUT2D eigenvalue weighted by Gasteiger charge is 2.45. The summed E-state index contributed by atoms with van der Waals surface area (Å²) in [6.45, 7) is 13.1. The predicted octanol–water partition coefficient (Wildman–Crippen LogP) is 9.13. The van der Waals surface area contributed by atoms with Crippen LogP contribution in [-0.2, 0) is 9.59 Å². The molecule has 1 aliphatic heterocycles. The third-order valence-electron chi connectivity index (χ3n) is 6.13. The van der Waals surface area contributed by atoms with Crippen LogP contribution in [0.3, 0.4) is 0 Å². The standard InChI is InChI=1S/C20H28ClNO2.C6H5Cl.C4H10S/c1-5-17(23)12-20(4)11-10-18(15-6-8-16(21)9-7-15)22(19(20)24)13-14(2)3;7-6-4-2-1-3-5-6;1-4(2)5-3/h6-9,14,18H,5,10-13H2,1-4H3;1-5H;4H,1-3H3/t18?,20-;;/m1../s1. The van der Waals surface area contributed by atoms with Gasteiger partial charge in [-0.25, -0.2) is 0 Å². The van der Waals surface area contributed by atoms with E-state index in [2.05, 4.69) is 34.0 Å². The zero-order valence-corrected chi connectivity index (χ0v) is 25.2. The van der Waals surface area contributed by atoms with Crippen LogP contribution in [0.1, 0.15) is 78.8 Å². The van der Waals surface area contributed by atoms with Crippen LogP contribution in [0.15, 0.2) is 54.6 Å². The van der Waals surface area contributed by atoms with Gasteiger partial charge in [0.25, 0.3) is 0 Å². The Morgan fingerprint density at radius 3 is 1.97 bits per heavy atom. The molecule has 1 amide bonds. The lowest BCUT2D eigenvalue weighted by Gasteiger charge is -2.45. The first-order valence-corrected chi connectivity index (χ1v) is 14.8. The van der Waals surface area contributed by atoms with Gasteiger partial charge in [0.1, 0.15) is 5.78 Å². The fourth-order valence-electron chi connectivity index (χ4n) is 3.98. The molecule has 0 bridgehead atoms. The fraction of sp³-hybridized carbons (Fsp3) is 0.533. The first-order chi connectivity index (χ1) is 16.9. The van der Waals surface area contributed by atoms with E-state index in [1.165, 1.54) is 0 Å². The molecule has 3 nitrogen and oxygen atoms in total. The summed E-state index contributed by atoms with van der Waals surface area (Å²) >= 11 is 13.4.